The molecular weight excluding hydrogens is 669 g/mol. The first kappa shape index (κ1) is 36.5. The zero-order valence-electron chi connectivity index (χ0n) is 29.0. The van der Waals surface area contributed by atoms with Gasteiger partial charge in [0.2, 0.25) is 0 Å². The maximum atomic E-state index is 12.6. The molecule has 0 radical (unpaired) electrons. The molecule has 8 N–H and O–H groups in total. The second kappa shape index (κ2) is 12.2. The van der Waals surface area contributed by atoms with Gasteiger partial charge in [-0.1, -0.05) is 12.1 Å². The SMILES string of the molecule is CC1(C)Cc2c(sc(NC(=O)C3(O)CC3)c2C(N)=O)C(C)(C)O1.CC1(C)Cc2c(sc(NC(=O)c3ccccc3O)c2C(N)=O)C(C)(C)O1. The van der Waals surface area contributed by atoms with Crippen LogP contribution in [0.4, 0.5) is 10.0 Å². The third kappa shape index (κ3) is 7.24. The summed E-state index contributed by atoms with van der Waals surface area (Å²) in [7, 11) is 0. The van der Waals surface area contributed by atoms with Crippen LogP contribution in [0.5, 0.6) is 5.75 Å². The van der Waals surface area contributed by atoms with Crippen molar-refractivity contribution in [3.05, 3.63) is 61.8 Å². The number of benzene rings is 1. The van der Waals surface area contributed by atoms with Crippen molar-refractivity contribution in [3.63, 3.8) is 0 Å². The number of phenols is 1. The number of phenolic OH excluding ortho intramolecular Hbond substituents is 1. The van der Waals surface area contributed by atoms with E-state index in [9.17, 15) is 29.4 Å². The lowest BCUT2D eigenvalue weighted by molar-refractivity contribution is -0.136. The van der Waals surface area contributed by atoms with E-state index in [1.165, 1.54) is 34.8 Å². The first-order valence-corrected chi connectivity index (χ1v) is 17.6. The van der Waals surface area contributed by atoms with E-state index >= 15 is 0 Å². The highest BCUT2D eigenvalue weighted by Crippen LogP contribution is 2.50. The summed E-state index contributed by atoms with van der Waals surface area (Å²) in [5, 5.41) is 26.0. The number of nitrogens with two attached hydrogens (primary N) is 2. The van der Waals surface area contributed by atoms with E-state index in [0.29, 0.717) is 46.8 Å². The molecule has 2 aliphatic heterocycles. The van der Waals surface area contributed by atoms with E-state index < -0.39 is 51.6 Å². The number of para-hydroxylation sites is 1. The molecule has 6 rings (SSSR count). The summed E-state index contributed by atoms with van der Waals surface area (Å²) in [6.07, 6.45) is 1.95. The van der Waals surface area contributed by atoms with Crippen LogP contribution < -0.4 is 22.1 Å². The Balaban J connectivity index is 0.000000192. The number of amides is 4. The van der Waals surface area contributed by atoms with Gasteiger partial charge in [0.1, 0.15) is 21.4 Å². The van der Waals surface area contributed by atoms with Gasteiger partial charge in [-0.05, 0) is 91.5 Å². The second-order valence-electron chi connectivity index (χ2n) is 15.0. The number of hydrogen-bond donors (Lipinski definition) is 6. The lowest BCUT2D eigenvalue weighted by Crippen LogP contribution is -2.42. The van der Waals surface area contributed by atoms with Gasteiger partial charge >= 0.3 is 0 Å². The third-order valence-corrected chi connectivity index (χ3v) is 11.5. The highest BCUT2D eigenvalue weighted by molar-refractivity contribution is 7.17. The number of fused-ring (bicyclic) bond motifs is 2. The van der Waals surface area contributed by atoms with Crippen LogP contribution in [0, 0.1) is 0 Å². The lowest BCUT2D eigenvalue weighted by Gasteiger charge is -2.41. The number of anilines is 2. The normalized spacial score (nSPS) is 20.0. The molecule has 264 valence electrons. The smallest absolute Gasteiger partial charge is 0.260 e. The Labute approximate surface area is 293 Å². The standard InChI is InChI=1S/C19H22N2O4S.C16H22N2O4S/c1-18(2)9-11-13(15(20)23)17(26-14(11)19(3,4)25-18)21-16(24)10-7-5-6-8-12(10)22;1-14(2)7-8-9(11(17)19)12(18-13(20)16(21)5-6-16)23-10(8)15(3,4)22-14/h5-8,22H,9H2,1-4H3,(H2,20,23)(H,21,24);21H,5-7H2,1-4H3,(H2,17,19)(H,18,20). The summed E-state index contributed by atoms with van der Waals surface area (Å²) in [6, 6.07) is 6.23. The van der Waals surface area contributed by atoms with E-state index in [2.05, 4.69) is 10.6 Å². The number of aliphatic hydroxyl groups is 1. The average Bonchev–Trinajstić information content (AvgIpc) is 3.43. The molecule has 0 spiro atoms. The van der Waals surface area contributed by atoms with E-state index in [0.717, 1.165) is 20.9 Å². The van der Waals surface area contributed by atoms with E-state index in [1.54, 1.807) is 12.1 Å². The fourth-order valence-corrected chi connectivity index (χ4v) is 9.25. The Morgan fingerprint density at radius 3 is 1.57 bits per heavy atom. The van der Waals surface area contributed by atoms with Gasteiger partial charge in [-0.2, -0.15) is 0 Å². The van der Waals surface area contributed by atoms with Crippen LogP contribution in [-0.4, -0.2) is 50.6 Å². The van der Waals surface area contributed by atoms with Crippen molar-refractivity contribution in [2.75, 3.05) is 10.6 Å². The van der Waals surface area contributed by atoms with Crippen molar-refractivity contribution in [1.29, 1.82) is 0 Å². The van der Waals surface area contributed by atoms with Gasteiger partial charge in [-0.25, -0.2) is 0 Å². The van der Waals surface area contributed by atoms with E-state index in [-0.39, 0.29) is 11.3 Å². The molecule has 1 saturated carbocycles. The summed E-state index contributed by atoms with van der Waals surface area (Å²) >= 11 is 2.59. The van der Waals surface area contributed by atoms with Gasteiger partial charge in [-0.15, -0.1) is 22.7 Å². The summed E-state index contributed by atoms with van der Waals surface area (Å²) < 4.78 is 12.3. The molecule has 0 bridgehead atoms. The average molecular weight is 713 g/mol. The fraction of sp³-hybridized carbons (Fsp3) is 0.486. The number of thiophene rings is 2. The van der Waals surface area contributed by atoms with Crippen molar-refractivity contribution >= 4 is 56.3 Å². The Bertz CT molecular complexity index is 1870. The highest BCUT2D eigenvalue weighted by atomic mass is 32.1. The van der Waals surface area contributed by atoms with Gasteiger partial charge in [0.25, 0.3) is 23.6 Å². The predicted octanol–water partition coefficient (Wildman–Crippen LogP) is 5.29. The van der Waals surface area contributed by atoms with Crippen molar-refractivity contribution in [2.45, 2.75) is 109 Å². The maximum absolute atomic E-state index is 12.6. The lowest BCUT2D eigenvalue weighted by atomic mass is 9.86. The van der Waals surface area contributed by atoms with Crippen molar-refractivity contribution < 1.29 is 38.9 Å². The Kier molecular flexibility index (Phi) is 9.08. The monoisotopic (exact) mass is 712 g/mol. The Hall–Kier alpha value is -3.82. The number of ether oxygens (including phenoxy) is 2. The van der Waals surface area contributed by atoms with Crippen LogP contribution in [0.2, 0.25) is 0 Å². The van der Waals surface area contributed by atoms with Crippen molar-refractivity contribution in [2.24, 2.45) is 11.5 Å². The molecule has 0 atom stereocenters. The summed E-state index contributed by atoms with van der Waals surface area (Å²) in [4.78, 5) is 50.6. The topological polar surface area (TPSA) is 203 Å². The number of hydrogen-bond acceptors (Lipinski definition) is 10. The number of aromatic hydroxyl groups is 1. The molecule has 1 aromatic carbocycles. The summed E-state index contributed by atoms with van der Waals surface area (Å²) in [5.74, 6) is -2.27. The minimum atomic E-state index is -1.30. The fourth-order valence-electron chi connectivity index (χ4n) is 6.74. The minimum Gasteiger partial charge on any atom is -0.507 e. The van der Waals surface area contributed by atoms with Crippen LogP contribution >= 0.6 is 22.7 Å². The molecular formula is C35H44N4O8S2. The van der Waals surface area contributed by atoms with Crippen LogP contribution in [0.3, 0.4) is 0 Å². The van der Waals surface area contributed by atoms with Gasteiger partial charge in [0.15, 0.2) is 0 Å². The molecule has 3 aliphatic rings. The molecule has 49 heavy (non-hydrogen) atoms. The molecule has 2 aromatic heterocycles. The summed E-state index contributed by atoms with van der Waals surface area (Å²) in [6.45, 7) is 15.6. The quantitative estimate of drug-likeness (QED) is 0.198. The number of nitrogens with one attached hydrogen (secondary N) is 2. The zero-order valence-corrected chi connectivity index (χ0v) is 30.6. The van der Waals surface area contributed by atoms with E-state index in [4.69, 9.17) is 20.9 Å². The highest BCUT2D eigenvalue weighted by Gasteiger charge is 2.49. The Morgan fingerprint density at radius 1 is 0.735 bits per heavy atom. The second-order valence-corrected chi connectivity index (χ2v) is 17.1. The van der Waals surface area contributed by atoms with Crippen molar-refractivity contribution in [1.82, 2.24) is 0 Å². The molecule has 1 aliphatic carbocycles. The molecule has 1 fully saturated rings. The van der Waals surface area contributed by atoms with Gasteiger partial charge in [-0.3, -0.25) is 19.2 Å². The van der Waals surface area contributed by atoms with Crippen LogP contribution in [0.1, 0.15) is 120 Å². The van der Waals surface area contributed by atoms with Crippen molar-refractivity contribution in [3.8, 4) is 5.75 Å². The van der Waals surface area contributed by atoms with Gasteiger partial charge in [0, 0.05) is 22.6 Å². The first-order chi connectivity index (χ1) is 22.5. The maximum Gasteiger partial charge on any atom is 0.260 e. The summed E-state index contributed by atoms with van der Waals surface area (Å²) in [5.41, 5.74) is 10.3. The molecule has 3 aromatic rings. The van der Waals surface area contributed by atoms with Crippen LogP contribution in [-0.2, 0) is 38.3 Å². The van der Waals surface area contributed by atoms with Crippen LogP contribution in [0.15, 0.2) is 24.3 Å². The number of carbonyl (C=O) groups excluding carboxylic acids is 4. The molecule has 4 amide bonds. The van der Waals surface area contributed by atoms with Gasteiger partial charge < -0.3 is 41.8 Å². The third-order valence-electron chi connectivity index (χ3n) is 8.62. The molecule has 4 heterocycles. The van der Waals surface area contributed by atoms with Crippen LogP contribution in [0.25, 0.3) is 0 Å². The zero-order chi connectivity index (χ0) is 36.5. The molecule has 0 saturated heterocycles. The first-order valence-electron chi connectivity index (χ1n) is 15.9. The van der Waals surface area contributed by atoms with Gasteiger partial charge in [0.05, 0.1) is 39.1 Å². The number of rotatable bonds is 6. The minimum absolute atomic E-state index is 0.128. The Morgan fingerprint density at radius 2 is 1.16 bits per heavy atom. The number of primary amides is 2. The largest absolute Gasteiger partial charge is 0.507 e. The molecule has 0 unspecified atom stereocenters. The molecule has 14 heteroatoms. The van der Waals surface area contributed by atoms with E-state index in [1.807, 2.05) is 55.4 Å². The molecule has 12 nitrogen and oxygen atoms in total. The predicted molar refractivity (Wildman–Crippen MR) is 188 cm³/mol. The number of carbonyl (C=O) groups is 4.